The number of hydrogen-bond donors (Lipinski definition) is 22. The molecule has 6 aromatic carbocycles. The van der Waals surface area contributed by atoms with Crippen LogP contribution in [0.1, 0.15) is 111 Å². The summed E-state index contributed by atoms with van der Waals surface area (Å²) >= 11 is 19.2. The zero-order valence-electron chi connectivity index (χ0n) is 68.6. The van der Waals surface area contributed by atoms with Crippen LogP contribution in [0.5, 0.6) is 51.7 Å². The maximum atomic E-state index is 16.3. The van der Waals surface area contributed by atoms with Crippen molar-refractivity contribution < 1.29 is 135 Å². The number of nitrogens with zero attached hydrogens (tertiary/aromatic N) is 2. The van der Waals surface area contributed by atoms with Gasteiger partial charge in [-0.25, -0.2) is 4.79 Å². The van der Waals surface area contributed by atoms with E-state index in [0.29, 0.717) is 5.56 Å². The number of hydrazine groups is 1. The van der Waals surface area contributed by atoms with Crippen LogP contribution in [0.4, 0.5) is 19.0 Å². The number of aromatic hydroxyl groups is 3. The molecule has 11 bridgehead atoms. The van der Waals surface area contributed by atoms with E-state index in [1.807, 2.05) is 0 Å². The molecule has 129 heavy (non-hydrogen) atoms. The number of aliphatic hydroxyl groups excluding tert-OH is 6. The van der Waals surface area contributed by atoms with Crippen molar-refractivity contribution in [2.75, 3.05) is 25.5 Å². The minimum atomic E-state index is -4.94. The maximum Gasteiger partial charge on any atom is 0.573 e. The standard InChI is InChI=1S/C82H90Cl2F3N15O26S/c1-32(2)20-45(90-5)71(114)98-62-64(109)36-9-14-49(43(83)23-36)123-51-25-38-26-52(68(51)127-78-69(67(112)66(111)53(31-103)125-78)126-57-30-81(4,70(113)33(3)122-57)91-17-19-102-18-16-55(94-80(102)121)93-56(108)21-34-6-11-40(12-7-34)128-82(85,86)87)124-50-15-10-37(24-44(50)84)65(110)63-76(119)97-61(77(120)100-101-79(89)129)42-27-39(104)28-48(106)58(42)41-22-35(8-13-47(41)105)59(73(116)99-63)96-74(117)60(38)95-72(115)46(29-54(88)107)92-75(62)118/h6-16,18,22-28,32-33,45-46,53,57,59-67,69-70,78,90-91,103-106,109-113H,17,19-21,29-31H2,1-5H3,(H2,88,107)(H,92,118)(H,95,115)(H,96,117)(H,97,119)(H,98,114)(H,99,116)(H,100,120)(H3,89,101,129)(H,93,94,108,121)/t33?,45?,46?,53?,57?,59?,60?,61-,62?,63?,64?,65?,66?,67?,69?,70?,78?,81-/m1/s1. The molecular formula is C82H90Cl2F3N15O26S. The Morgan fingerprint density at radius 2 is 1.36 bits per heavy atom. The Morgan fingerprint density at radius 1 is 0.729 bits per heavy atom. The summed E-state index contributed by atoms with van der Waals surface area (Å²) in [5, 5.41) is 128. The number of primary amides is 1. The van der Waals surface area contributed by atoms with E-state index in [1.54, 1.807) is 20.8 Å². The van der Waals surface area contributed by atoms with Gasteiger partial charge in [0, 0.05) is 48.4 Å². The number of benzene rings is 6. The van der Waals surface area contributed by atoms with Gasteiger partial charge in [-0.2, -0.15) is 4.98 Å². The number of fused-ring (bicyclic) bond motifs is 15. The van der Waals surface area contributed by atoms with E-state index in [0.717, 1.165) is 89.5 Å². The number of likely N-dealkylation sites (N-methyl/N-ethyl adjacent to an activating group) is 1. The van der Waals surface area contributed by atoms with Gasteiger partial charge in [-0.15, -0.1) is 13.2 Å². The Kier molecular flexibility index (Phi) is 29.8. The predicted molar refractivity (Wildman–Crippen MR) is 447 cm³/mol. The highest BCUT2D eigenvalue weighted by Crippen LogP contribution is 2.50. The number of amides is 9. The minimum Gasteiger partial charge on any atom is -0.508 e. The maximum absolute atomic E-state index is 16.3. The largest absolute Gasteiger partial charge is 0.573 e. The summed E-state index contributed by atoms with van der Waals surface area (Å²) in [5.41, 5.74) is 10.9. The van der Waals surface area contributed by atoms with Crippen LogP contribution in [0.2, 0.25) is 10.0 Å². The third kappa shape index (κ3) is 22.5. The highest BCUT2D eigenvalue weighted by atomic mass is 35.5. The van der Waals surface area contributed by atoms with Gasteiger partial charge in [0.15, 0.2) is 29.0 Å². The predicted octanol–water partition coefficient (Wildman–Crippen LogP) is 0.854. The average Bonchev–Trinajstić information content (AvgIpc) is 0.764. The molecule has 14 rings (SSSR count). The van der Waals surface area contributed by atoms with Gasteiger partial charge in [0.2, 0.25) is 59.3 Å². The van der Waals surface area contributed by atoms with E-state index in [-0.39, 0.29) is 60.8 Å². The second-order valence-electron chi connectivity index (χ2n) is 31.4. The Bertz CT molecular complexity index is 5540. The molecule has 7 aliphatic rings. The highest BCUT2D eigenvalue weighted by Gasteiger charge is 2.53. The first-order valence-electron chi connectivity index (χ1n) is 39.7. The van der Waals surface area contributed by atoms with Crippen LogP contribution in [0.15, 0.2) is 120 Å². The summed E-state index contributed by atoms with van der Waals surface area (Å²) in [7, 11) is 1.45. The number of ether oxygens (including phenoxy) is 7. The number of aliphatic hydroxyl groups is 6. The summed E-state index contributed by atoms with van der Waals surface area (Å²) in [6.07, 6.45) is -24.0. The van der Waals surface area contributed by atoms with Gasteiger partial charge in [0.1, 0.15) is 107 Å². The molecule has 16 unspecified atom stereocenters. The van der Waals surface area contributed by atoms with Crippen LogP contribution in [0.25, 0.3) is 11.1 Å². The van der Waals surface area contributed by atoms with E-state index in [2.05, 4.69) is 68.4 Å². The first-order chi connectivity index (χ1) is 61.0. The van der Waals surface area contributed by atoms with Crippen molar-refractivity contribution >= 4 is 99.5 Å². The molecule has 18 atom stereocenters. The number of phenolic OH excluding ortho intramolecular Hbond substituents is 3. The van der Waals surface area contributed by atoms with E-state index in [4.69, 9.17) is 75.3 Å². The number of carbonyl (C=O) groups is 9. The summed E-state index contributed by atoms with van der Waals surface area (Å²) in [4.78, 5) is 150. The third-order valence-corrected chi connectivity index (χ3v) is 22.3. The third-order valence-electron chi connectivity index (χ3n) is 21.6. The lowest BCUT2D eigenvalue weighted by molar-refractivity contribution is -0.334. The zero-order chi connectivity index (χ0) is 93.7. The fourth-order valence-electron chi connectivity index (χ4n) is 15.2. The SMILES string of the molecule is CNC(CC(C)C)C(=O)NC1C(=O)NC(CC(N)=O)C(=O)NC2C(=O)NC3C(=O)NC(C(=O)N[C@@H](C(=O)NNC(N)=S)c4cc(O)cc(O)c4-c4cc3ccc4O)C(O)c3ccc(c(Cl)c3)Oc3cc2cc(c3OC2OC(CO)C(O)C(O)C2OC2C[C@@](C)(NCCn3ccc(NC(=O)Cc4ccc(OC(F)(F)F)cc4)nc3=O)C(O)C(C)O2)Oc2ccc(cc2Cl)C1O. The quantitative estimate of drug-likeness (QED) is 0.0350. The Balaban J connectivity index is 0.980. The molecule has 690 valence electrons. The number of rotatable bonds is 21. The average molecular weight is 1860 g/mol. The second-order valence-corrected chi connectivity index (χ2v) is 32.7. The number of carbonyl (C=O) groups excluding carboxylic acids is 9. The smallest absolute Gasteiger partial charge is 0.508 e. The minimum absolute atomic E-state index is 0.103. The molecule has 47 heteroatoms. The summed E-state index contributed by atoms with van der Waals surface area (Å²) in [6, 6.07) is 4.77. The highest BCUT2D eigenvalue weighted by molar-refractivity contribution is 7.80. The topological polar surface area (TPSA) is 620 Å². The van der Waals surface area contributed by atoms with Gasteiger partial charge in [-0.3, -0.25) is 58.6 Å². The van der Waals surface area contributed by atoms with Crippen molar-refractivity contribution in [2.24, 2.45) is 17.4 Å². The van der Waals surface area contributed by atoms with Crippen LogP contribution >= 0.6 is 35.4 Å². The van der Waals surface area contributed by atoms with Gasteiger partial charge in [0.05, 0.1) is 47.7 Å². The number of nitrogens with one attached hydrogen (secondary N) is 11. The molecule has 0 aliphatic carbocycles. The first-order valence-corrected chi connectivity index (χ1v) is 40.9. The van der Waals surface area contributed by atoms with Gasteiger partial charge in [-0.05, 0) is 152 Å². The molecule has 7 aromatic rings. The van der Waals surface area contributed by atoms with Crippen molar-refractivity contribution in [3.05, 3.63) is 169 Å². The molecule has 24 N–H and O–H groups in total. The number of halogens is 5. The van der Waals surface area contributed by atoms with E-state index < -0.39 is 277 Å². The van der Waals surface area contributed by atoms with Crippen molar-refractivity contribution in [1.82, 2.24) is 62.9 Å². The Labute approximate surface area is 744 Å². The number of phenols is 3. The van der Waals surface area contributed by atoms with Gasteiger partial charge in [-0.1, -0.05) is 67.4 Å². The molecule has 8 heterocycles. The number of nitrogens with two attached hydrogens (primary N) is 2. The van der Waals surface area contributed by atoms with Crippen LogP contribution in [-0.4, -0.2) is 219 Å². The number of aromatic nitrogens is 2. The van der Waals surface area contributed by atoms with E-state index >= 15 is 24.0 Å². The van der Waals surface area contributed by atoms with Crippen molar-refractivity contribution in [1.29, 1.82) is 0 Å². The number of hydrogen-bond acceptors (Lipinski definition) is 30. The molecule has 0 radical (unpaired) electrons. The lowest BCUT2D eigenvalue weighted by Crippen LogP contribution is -2.65. The van der Waals surface area contributed by atoms with Gasteiger partial charge in [0.25, 0.3) is 5.91 Å². The summed E-state index contributed by atoms with van der Waals surface area (Å²) in [5.74, 6) is -17.4. The van der Waals surface area contributed by atoms with Crippen molar-refractivity contribution in [3.8, 4) is 62.9 Å². The van der Waals surface area contributed by atoms with Crippen molar-refractivity contribution in [2.45, 2.75) is 176 Å². The number of thiocarbonyl (C=S) groups is 1. The fourth-order valence-corrected chi connectivity index (χ4v) is 15.7. The van der Waals surface area contributed by atoms with E-state index in [1.165, 1.54) is 44.4 Å². The molecule has 0 spiro atoms. The lowest BCUT2D eigenvalue weighted by Gasteiger charge is -2.48. The first kappa shape index (κ1) is 95.7. The molecule has 9 amide bonds. The zero-order valence-corrected chi connectivity index (χ0v) is 71.0. The molecule has 2 fully saturated rings. The van der Waals surface area contributed by atoms with E-state index in [9.17, 15) is 83.1 Å². The van der Waals surface area contributed by atoms with Crippen molar-refractivity contribution in [3.63, 3.8) is 0 Å². The molecule has 2 saturated heterocycles. The monoisotopic (exact) mass is 1860 g/mol. The normalized spacial score (nSPS) is 25.5. The fraction of sp³-hybridized carbons (Fsp3) is 0.390. The lowest BCUT2D eigenvalue weighted by atomic mass is 9.85. The van der Waals surface area contributed by atoms with Crippen LogP contribution in [0.3, 0.4) is 0 Å². The van der Waals surface area contributed by atoms with Crippen LogP contribution in [-0.2, 0) is 70.3 Å². The molecule has 0 saturated carbocycles. The molecule has 1 aromatic heterocycles. The van der Waals surface area contributed by atoms with Gasteiger partial charge >= 0.3 is 12.1 Å². The molecular weight excluding hydrogens is 1770 g/mol. The molecule has 7 aliphatic heterocycles. The van der Waals surface area contributed by atoms with Gasteiger partial charge < -0.3 is 138 Å². The second kappa shape index (κ2) is 40.1. The summed E-state index contributed by atoms with van der Waals surface area (Å²) in [6.45, 7) is 5.32. The molecule has 41 nitrogen and oxygen atoms in total. The number of anilines is 1. The Hall–Kier alpha value is -12.4. The Morgan fingerprint density at radius 3 is 1.98 bits per heavy atom. The van der Waals surface area contributed by atoms with Crippen LogP contribution < -0.4 is 94.8 Å². The summed E-state index contributed by atoms with van der Waals surface area (Å²) < 4.78 is 82.5. The van der Waals surface area contributed by atoms with Crippen LogP contribution in [0, 0.1) is 5.92 Å². The number of alkyl halides is 3.